The van der Waals surface area contributed by atoms with Gasteiger partial charge in [0.15, 0.2) is 0 Å². The second-order valence-electron chi connectivity index (χ2n) is 5.74. The number of hydrogen-bond acceptors (Lipinski definition) is 3. The van der Waals surface area contributed by atoms with E-state index in [-0.39, 0.29) is 6.03 Å². The van der Waals surface area contributed by atoms with E-state index < -0.39 is 0 Å². The van der Waals surface area contributed by atoms with Crippen LogP contribution in [0.2, 0.25) is 0 Å². The van der Waals surface area contributed by atoms with Crippen molar-refractivity contribution in [3.8, 4) is 0 Å². The molecule has 1 saturated heterocycles. The van der Waals surface area contributed by atoms with Crippen LogP contribution in [0.15, 0.2) is 59.8 Å². The van der Waals surface area contributed by atoms with Crippen molar-refractivity contribution in [2.75, 3.05) is 18.8 Å². The molecule has 1 aromatic carbocycles. The molecule has 4 nitrogen and oxygen atoms in total. The monoisotopic (exact) mass is 327 g/mol. The maximum absolute atomic E-state index is 12.2. The third kappa shape index (κ3) is 4.73. The number of rotatable bonds is 5. The lowest BCUT2D eigenvalue weighted by Crippen LogP contribution is -2.38. The average molecular weight is 327 g/mol. The Morgan fingerprint density at radius 3 is 2.91 bits per heavy atom. The molecule has 0 aliphatic carbocycles. The number of nitrogens with one attached hydrogen (secondary N) is 1. The average Bonchev–Trinajstić information content (AvgIpc) is 3.09. The summed E-state index contributed by atoms with van der Waals surface area (Å²) < 4.78 is 0. The van der Waals surface area contributed by atoms with Gasteiger partial charge in [0.05, 0.1) is 0 Å². The van der Waals surface area contributed by atoms with Crippen LogP contribution in [-0.4, -0.2) is 34.8 Å². The van der Waals surface area contributed by atoms with Gasteiger partial charge in [-0.2, -0.15) is 0 Å². The summed E-state index contributed by atoms with van der Waals surface area (Å²) in [5.74, 6) is 1.64. The molecule has 1 aliphatic rings. The van der Waals surface area contributed by atoms with Gasteiger partial charge in [0.25, 0.3) is 0 Å². The van der Waals surface area contributed by atoms with Crippen LogP contribution in [0.5, 0.6) is 0 Å². The molecule has 0 spiro atoms. The number of urea groups is 1. The van der Waals surface area contributed by atoms with Gasteiger partial charge < -0.3 is 10.2 Å². The summed E-state index contributed by atoms with van der Waals surface area (Å²) in [6, 6.07) is 14.3. The smallest absolute Gasteiger partial charge is 0.317 e. The zero-order valence-electron chi connectivity index (χ0n) is 13.0. The highest BCUT2D eigenvalue weighted by atomic mass is 32.2. The molecule has 0 bridgehead atoms. The fourth-order valence-electron chi connectivity index (χ4n) is 2.68. The highest BCUT2D eigenvalue weighted by molar-refractivity contribution is 7.99. The van der Waals surface area contributed by atoms with Crippen molar-refractivity contribution in [2.45, 2.75) is 17.9 Å². The number of likely N-dealkylation sites (tertiary alicyclic amines) is 1. The van der Waals surface area contributed by atoms with Gasteiger partial charge in [-0.1, -0.05) is 24.3 Å². The number of thioether (sulfide) groups is 1. The number of carbonyl (C=O) groups excluding carboxylic acids is 1. The van der Waals surface area contributed by atoms with E-state index in [1.807, 2.05) is 34.9 Å². The fraction of sp³-hybridized carbons (Fsp3) is 0.333. The molecule has 5 heteroatoms. The van der Waals surface area contributed by atoms with Crippen LogP contribution in [0.1, 0.15) is 12.0 Å². The molecular weight excluding hydrogens is 306 g/mol. The molecule has 1 N–H and O–H groups in total. The van der Waals surface area contributed by atoms with Crippen molar-refractivity contribution < 1.29 is 4.79 Å². The van der Waals surface area contributed by atoms with Gasteiger partial charge in [0.2, 0.25) is 0 Å². The normalized spacial score (nSPS) is 17.2. The molecule has 2 heterocycles. The second kappa shape index (κ2) is 8.02. The maximum atomic E-state index is 12.2. The molecular formula is C18H21N3OS. The van der Waals surface area contributed by atoms with Gasteiger partial charge in [-0.05, 0) is 36.1 Å². The highest BCUT2D eigenvalue weighted by Gasteiger charge is 2.26. The van der Waals surface area contributed by atoms with E-state index in [0.717, 1.165) is 30.8 Å². The fourth-order valence-corrected chi connectivity index (χ4v) is 3.73. The number of benzene rings is 1. The molecule has 0 saturated carbocycles. The molecule has 23 heavy (non-hydrogen) atoms. The minimum atomic E-state index is 0.0288. The summed E-state index contributed by atoms with van der Waals surface area (Å²) >= 11 is 1.88. The first-order valence-corrected chi connectivity index (χ1v) is 8.89. The summed E-state index contributed by atoms with van der Waals surface area (Å²) in [4.78, 5) is 19.5. The Morgan fingerprint density at radius 1 is 1.26 bits per heavy atom. The third-order valence-corrected chi connectivity index (χ3v) is 5.21. The number of hydrogen-bond donors (Lipinski definition) is 1. The summed E-state index contributed by atoms with van der Waals surface area (Å²) in [6.45, 7) is 2.23. The van der Waals surface area contributed by atoms with E-state index >= 15 is 0 Å². The SMILES string of the molecule is O=C(NCc1cccnc1)N1CC[C@@H](CSc2ccccc2)C1. The Kier molecular flexibility index (Phi) is 5.53. The Balaban J connectivity index is 1.41. The minimum Gasteiger partial charge on any atom is -0.334 e. The molecule has 1 aromatic heterocycles. The molecule has 1 fully saturated rings. The number of nitrogens with zero attached hydrogens (tertiary/aromatic N) is 2. The molecule has 0 radical (unpaired) electrons. The Labute approximate surface area is 141 Å². The minimum absolute atomic E-state index is 0.0288. The number of carbonyl (C=O) groups is 1. The Bertz CT molecular complexity index is 621. The highest BCUT2D eigenvalue weighted by Crippen LogP contribution is 2.25. The van der Waals surface area contributed by atoms with E-state index in [9.17, 15) is 4.79 Å². The van der Waals surface area contributed by atoms with E-state index in [1.165, 1.54) is 4.90 Å². The van der Waals surface area contributed by atoms with Crippen LogP contribution in [-0.2, 0) is 6.54 Å². The van der Waals surface area contributed by atoms with Gasteiger partial charge in [0, 0.05) is 42.7 Å². The first kappa shape index (κ1) is 15.9. The Morgan fingerprint density at radius 2 is 2.13 bits per heavy atom. The largest absolute Gasteiger partial charge is 0.334 e. The van der Waals surface area contributed by atoms with Crippen molar-refractivity contribution >= 4 is 17.8 Å². The van der Waals surface area contributed by atoms with Crippen LogP contribution in [0.4, 0.5) is 4.79 Å². The van der Waals surface area contributed by atoms with Crippen molar-refractivity contribution in [2.24, 2.45) is 5.92 Å². The zero-order chi connectivity index (χ0) is 15.9. The standard InChI is InChI=1S/C18H21N3OS/c22-18(20-12-15-5-4-9-19-11-15)21-10-8-16(13-21)14-23-17-6-2-1-3-7-17/h1-7,9,11,16H,8,10,12-14H2,(H,20,22)/t16-/m1/s1. The topological polar surface area (TPSA) is 45.2 Å². The predicted molar refractivity (Wildman–Crippen MR) is 93.3 cm³/mol. The first-order valence-electron chi connectivity index (χ1n) is 7.91. The van der Waals surface area contributed by atoms with Gasteiger partial charge in [-0.25, -0.2) is 4.79 Å². The quantitative estimate of drug-likeness (QED) is 0.856. The van der Waals surface area contributed by atoms with E-state index in [1.54, 1.807) is 12.4 Å². The number of amides is 2. The van der Waals surface area contributed by atoms with Crippen molar-refractivity contribution in [3.63, 3.8) is 0 Å². The van der Waals surface area contributed by atoms with Crippen LogP contribution < -0.4 is 5.32 Å². The maximum Gasteiger partial charge on any atom is 0.317 e. The molecule has 3 rings (SSSR count). The second-order valence-corrected chi connectivity index (χ2v) is 6.84. The van der Waals surface area contributed by atoms with Crippen molar-refractivity contribution in [1.29, 1.82) is 0 Å². The van der Waals surface area contributed by atoms with E-state index in [0.29, 0.717) is 12.5 Å². The van der Waals surface area contributed by atoms with Crippen LogP contribution in [0.3, 0.4) is 0 Å². The number of aromatic nitrogens is 1. The number of pyridine rings is 1. The van der Waals surface area contributed by atoms with Gasteiger partial charge >= 0.3 is 6.03 Å². The molecule has 2 amide bonds. The first-order chi connectivity index (χ1) is 11.3. The summed E-state index contributed by atoms with van der Waals surface area (Å²) in [5.41, 5.74) is 1.02. The Hall–Kier alpha value is -2.01. The predicted octanol–water partition coefficient (Wildman–Crippen LogP) is 3.41. The third-order valence-electron chi connectivity index (χ3n) is 3.97. The van der Waals surface area contributed by atoms with Gasteiger partial charge in [-0.3, -0.25) is 4.98 Å². The zero-order valence-corrected chi connectivity index (χ0v) is 13.8. The molecule has 1 aliphatic heterocycles. The van der Waals surface area contributed by atoms with E-state index in [4.69, 9.17) is 0 Å². The van der Waals surface area contributed by atoms with Gasteiger partial charge in [0.1, 0.15) is 0 Å². The van der Waals surface area contributed by atoms with Crippen LogP contribution >= 0.6 is 11.8 Å². The molecule has 1 atom stereocenters. The lowest BCUT2D eigenvalue weighted by molar-refractivity contribution is 0.207. The van der Waals surface area contributed by atoms with Crippen LogP contribution in [0, 0.1) is 5.92 Å². The van der Waals surface area contributed by atoms with Crippen molar-refractivity contribution in [1.82, 2.24) is 15.2 Å². The van der Waals surface area contributed by atoms with Gasteiger partial charge in [-0.15, -0.1) is 11.8 Å². The molecule has 0 unspecified atom stereocenters. The lowest BCUT2D eigenvalue weighted by atomic mass is 10.2. The summed E-state index contributed by atoms with van der Waals surface area (Å²) in [6.07, 6.45) is 4.60. The van der Waals surface area contributed by atoms with E-state index in [2.05, 4.69) is 34.6 Å². The molecule has 120 valence electrons. The summed E-state index contributed by atoms with van der Waals surface area (Å²) in [5, 5.41) is 2.98. The van der Waals surface area contributed by atoms with Crippen molar-refractivity contribution in [3.05, 3.63) is 60.4 Å². The molecule has 2 aromatic rings. The lowest BCUT2D eigenvalue weighted by Gasteiger charge is -2.17. The summed E-state index contributed by atoms with van der Waals surface area (Å²) in [7, 11) is 0. The van der Waals surface area contributed by atoms with Crippen LogP contribution in [0.25, 0.3) is 0 Å².